The number of nitrogens with two attached hydrogens (primary N) is 1. The van der Waals surface area contributed by atoms with Crippen LogP contribution in [-0.2, 0) is 9.53 Å². The van der Waals surface area contributed by atoms with Gasteiger partial charge < -0.3 is 21.0 Å². The average Bonchev–Trinajstić information content (AvgIpc) is 2.37. The molecule has 0 aromatic heterocycles. The van der Waals surface area contributed by atoms with Gasteiger partial charge in [0.25, 0.3) is 0 Å². The van der Waals surface area contributed by atoms with E-state index in [9.17, 15) is 4.79 Å². The summed E-state index contributed by atoms with van der Waals surface area (Å²) in [6.45, 7) is 8.16. The van der Waals surface area contributed by atoms with Gasteiger partial charge in [0, 0.05) is 19.8 Å². The second-order valence-corrected chi connectivity index (χ2v) is 6.16. The number of nitrogens with zero attached hydrogens (tertiary/aromatic N) is 1. The summed E-state index contributed by atoms with van der Waals surface area (Å²) in [4.78, 5) is 12.2. The average molecular weight is 285 g/mol. The van der Waals surface area contributed by atoms with Crippen LogP contribution in [0.15, 0.2) is 5.16 Å². The third kappa shape index (κ3) is 4.10. The first-order valence-electron chi connectivity index (χ1n) is 7.26. The second kappa shape index (κ2) is 7.47. The van der Waals surface area contributed by atoms with Crippen molar-refractivity contribution in [3.8, 4) is 0 Å². The molecule has 1 rings (SSSR count). The molecule has 0 aliphatic heterocycles. The second-order valence-electron chi connectivity index (χ2n) is 6.16. The summed E-state index contributed by atoms with van der Waals surface area (Å²) < 4.78 is 5.45. The van der Waals surface area contributed by atoms with Crippen molar-refractivity contribution < 1.29 is 14.7 Å². The van der Waals surface area contributed by atoms with Crippen LogP contribution in [0.5, 0.6) is 0 Å². The van der Waals surface area contributed by atoms with Crippen LogP contribution in [0, 0.1) is 17.3 Å². The summed E-state index contributed by atoms with van der Waals surface area (Å²) in [5.74, 6) is 0.819. The number of nitrogens with one attached hydrogen (secondary N) is 1. The van der Waals surface area contributed by atoms with Crippen LogP contribution in [0.3, 0.4) is 0 Å². The molecule has 0 unspecified atom stereocenters. The Labute approximate surface area is 120 Å². The largest absolute Gasteiger partial charge is 0.409 e. The van der Waals surface area contributed by atoms with Crippen LogP contribution in [0.1, 0.15) is 40.0 Å². The van der Waals surface area contributed by atoms with Gasteiger partial charge in [-0.2, -0.15) is 0 Å². The van der Waals surface area contributed by atoms with Crippen LogP contribution in [0.4, 0.5) is 0 Å². The zero-order chi connectivity index (χ0) is 15.2. The number of amides is 1. The van der Waals surface area contributed by atoms with Crippen molar-refractivity contribution in [1.82, 2.24) is 5.32 Å². The molecule has 0 heterocycles. The Morgan fingerprint density at radius 3 is 2.70 bits per heavy atom. The van der Waals surface area contributed by atoms with Gasteiger partial charge in [-0.05, 0) is 31.1 Å². The van der Waals surface area contributed by atoms with E-state index in [1.54, 1.807) is 0 Å². The maximum Gasteiger partial charge on any atom is 0.233 e. The van der Waals surface area contributed by atoms with Crippen molar-refractivity contribution in [3.63, 3.8) is 0 Å². The van der Waals surface area contributed by atoms with Gasteiger partial charge >= 0.3 is 0 Å². The zero-order valence-corrected chi connectivity index (χ0v) is 12.7. The smallest absolute Gasteiger partial charge is 0.233 e. The number of rotatable bonds is 8. The molecule has 0 saturated heterocycles. The van der Waals surface area contributed by atoms with Gasteiger partial charge in [0.1, 0.15) is 5.41 Å². The molecule has 20 heavy (non-hydrogen) atoms. The maximum absolute atomic E-state index is 12.2. The molecular weight excluding hydrogens is 258 g/mol. The van der Waals surface area contributed by atoms with E-state index in [1.165, 1.54) is 0 Å². The molecule has 0 aromatic rings. The van der Waals surface area contributed by atoms with Gasteiger partial charge in [-0.3, -0.25) is 4.79 Å². The van der Waals surface area contributed by atoms with Crippen molar-refractivity contribution >= 4 is 11.7 Å². The Hall–Kier alpha value is -1.30. The fourth-order valence-corrected chi connectivity index (χ4v) is 2.60. The summed E-state index contributed by atoms with van der Waals surface area (Å²) in [6, 6.07) is 0. The molecule has 1 saturated carbocycles. The van der Waals surface area contributed by atoms with E-state index in [4.69, 9.17) is 15.7 Å². The number of hydrogen-bond acceptors (Lipinski definition) is 4. The van der Waals surface area contributed by atoms with Crippen molar-refractivity contribution in [2.75, 3.05) is 19.8 Å². The van der Waals surface area contributed by atoms with Crippen LogP contribution in [-0.4, -0.2) is 36.7 Å². The first-order chi connectivity index (χ1) is 9.42. The van der Waals surface area contributed by atoms with E-state index >= 15 is 0 Å². The minimum Gasteiger partial charge on any atom is -0.409 e. The Morgan fingerprint density at radius 1 is 1.55 bits per heavy atom. The van der Waals surface area contributed by atoms with Gasteiger partial charge in [-0.15, -0.1) is 0 Å². The lowest BCUT2D eigenvalue weighted by Crippen LogP contribution is -2.56. The highest BCUT2D eigenvalue weighted by molar-refractivity contribution is 6.07. The monoisotopic (exact) mass is 285 g/mol. The van der Waals surface area contributed by atoms with E-state index in [1.807, 2.05) is 0 Å². The number of carbonyl (C=O) groups is 1. The van der Waals surface area contributed by atoms with Crippen molar-refractivity contribution in [1.29, 1.82) is 0 Å². The molecule has 1 fully saturated rings. The van der Waals surface area contributed by atoms with Crippen molar-refractivity contribution in [2.24, 2.45) is 28.1 Å². The molecule has 1 aliphatic rings. The molecule has 0 bridgehead atoms. The van der Waals surface area contributed by atoms with Crippen molar-refractivity contribution in [2.45, 2.75) is 40.0 Å². The molecule has 0 atom stereocenters. The number of oxime groups is 1. The Bertz CT molecular complexity index is 350. The first kappa shape index (κ1) is 16.8. The molecule has 0 radical (unpaired) electrons. The lowest BCUT2D eigenvalue weighted by molar-refractivity contribution is -0.133. The molecule has 6 nitrogen and oxygen atoms in total. The predicted octanol–water partition coefficient (Wildman–Crippen LogP) is 1.33. The summed E-state index contributed by atoms with van der Waals surface area (Å²) >= 11 is 0. The third-order valence-electron chi connectivity index (χ3n) is 3.63. The van der Waals surface area contributed by atoms with E-state index in [2.05, 4.69) is 31.2 Å². The molecule has 116 valence electrons. The van der Waals surface area contributed by atoms with Gasteiger partial charge in [-0.1, -0.05) is 25.9 Å². The number of amidine groups is 1. The highest BCUT2D eigenvalue weighted by atomic mass is 16.5. The molecule has 4 N–H and O–H groups in total. The van der Waals surface area contributed by atoms with Crippen LogP contribution in [0.25, 0.3) is 0 Å². The van der Waals surface area contributed by atoms with Gasteiger partial charge in [0.2, 0.25) is 5.91 Å². The molecule has 6 heteroatoms. The third-order valence-corrected chi connectivity index (χ3v) is 3.63. The van der Waals surface area contributed by atoms with E-state index < -0.39 is 5.41 Å². The predicted molar refractivity (Wildman–Crippen MR) is 77.5 cm³/mol. The SMILES string of the molecule is CC(C)COCCCNC(=O)C1(C(N)=NO)CC(C)C1. The molecule has 1 amide bonds. The van der Waals surface area contributed by atoms with Gasteiger partial charge in [0.15, 0.2) is 5.84 Å². The molecule has 0 aromatic carbocycles. The molecular formula is C14H27N3O3. The maximum atomic E-state index is 12.2. The van der Waals surface area contributed by atoms with Crippen LogP contribution in [0.2, 0.25) is 0 Å². The van der Waals surface area contributed by atoms with Crippen LogP contribution < -0.4 is 11.1 Å². The summed E-state index contributed by atoms with van der Waals surface area (Å²) in [5.41, 5.74) is 4.86. The molecule has 0 spiro atoms. The summed E-state index contributed by atoms with van der Waals surface area (Å²) in [5, 5.41) is 14.7. The first-order valence-corrected chi connectivity index (χ1v) is 7.26. The highest BCUT2D eigenvalue weighted by Crippen LogP contribution is 2.45. The standard InChI is InChI=1S/C14H27N3O3/c1-10(2)9-20-6-4-5-16-13(18)14(12(15)17-19)7-11(3)8-14/h10-11,19H,4-9H2,1-3H3,(H2,15,17)(H,16,18). The lowest BCUT2D eigenvalue weighted by Gasteiger charge is -2.43. The lowest BCUT2D eigenvalue weighted by atomic mass is 9.61. The van der Waals surface area contributed by atoms with Gasteiger partial charge in [-0.25, -0.2) is 0 Å². The molecule has 1 aliphatic carbocycles. The van der Waals surface area contributed by atoms with Gasteiger partial charge in [0.05, 0.1) is 0 Å². The minimum absolute atomic E-state index is 0.0177. The van der Waals surface area contributed by atoms with Crippen LogP contribution >= 0.6 is 0 Å². The van der Waals surface area contributed by atoms with Crippen molar-refractivity contribution in [3.05, 3.63) is 0 Å². The van der Waals surface area contributed by atoms with E-state index in [0.717, 1.165) is 13.0 Å². The number of ether oxygens (including phenoxy) is 1. The zero-order valence-electron chi connectivity index (χ0n) is 12.7. The Morgan fingerprint density at radius 2 is 2.20 bits per heavy atom. The number of carbonyl (C=O) groups excluding carboxylic acids is 1. The summed E-state index contributed by atoms with van der Waals surface area (Å²) in [7, 11) is 0. The van der Waals surface area contributed by atoms with E-state index in [-0.39, 0.29) is 11.7 Å². The fourth-order valence-electron chi connectivity index (χ4n) is 2.60. The highest BCUT2D eigenvalue weighted by Gasteiger charge is 2.51. The topological polar surface area (TPSA) is 96.9 Å². The number of hydrogen-bond donors (Lipinski definition) is 3. The Balaban J connectivity index is 2.31. The Kier molecular flexibility index (Phi) is 6.26. The summed E-state index contributed by atoms with van der Waals surface area (Å²) in [6.07, 6.45) is 2.04. The van der Waals surface area contributed by atoms with E-state index in [0.29, 0.717) is 37.8 Å². The fraction of sp³-hybridized carbons (Fsp3) is 0.857. The quantitative estimate of drug-likeness (QED) is 0.206. The minimum atomic E-state index is -0.813. The normalized spacial score (nSPS) is 26.4.